The summed E-state index contributed by atoms with van der Waals surface area (Å²) in [5, 5.41) is 1.73. The summed E-state index contributed by atoms with van der Waals surface area (Å²) in [5.74, 6) is 0.642. The van der Waals surface area contributed by atoms with E-state index in [2.05, 4.69) is 19.6 Å². The van der Waals surface area contributed by atoms with Crippen LogP contribution in [0, 0.1) is 0 Å². The van der Waals surface area contributed by atoms with Crippen LogP contribution in [0.3, 0.4) is 0 Å². The van der Waals surface area contributed by atoms with Crippen LogP contribution >= 0.6 is 0 Å². The summed E-state index contributed by atoms with van der Waals surface area (Å²) < 4.78 is 25.0. The monoisotopic (exact) mass is 514 g/mol. The number of ether oxygens (including phenoxy) is 3. The molecule has 0 aliphatic carbocycles. The zero-order valence-corrected chi connectivity index (χ0v) is 23.4. The van der Waals surface area contributed by atoms with E-state index in [0.29, 0.717) is 24.4 Å². The molecule has 36 heavy (non-hydrogen) atoms. The Balaban J connectivity index is 1.97. The molecule has 0 spiro atoms. The third-order valence-electron chi connectivity index (χ3n) is 5.58. The van der Waals surface area contributed by atoms with Gasteiger partial charge in [0.15, 0.2) is 8.32 Å². The van der Waals surface area contributed by atoms with Crippen molar-refractivity contribution in [1.82, 2.24) is 9.47 Å². The summed E-state index contributed by atoms with van der Waals surface area (Å²) >= 11 is 0. The molecule has 2 aromatic carbocycles. The molecule has 0 radical (unpaired) electrons. The summed E-state index contributed by atoms with van der Waals surface area (Å²) in [6.07, 6.45) is -1.14. The van der Waals surface area contributed by atoms with Crippen molar-refractivity contribution < 1.29 is 28.2 Å². The van der Waals surface area contributed by atoms with Crippen LogP contribution in [-0.2, 0) is 13.9 Å². The van der Waals surface area contributed by atoms with E-state index in [4.69, 9.17) is 18.6 Å². The lowest BCUT2D eigenvalue weighted by Crippen LogP contribution is -2.47. The zero-order chi connectivity index (χ0) is 26.5. The third-order valence-corrected chi connectivity index (χ3v) is 6.62. The van der Waals surface area contributed by atoms with Crippen LogP contribution < -0.4 is 4.74 Å². The fraction of sp³-hybridized carbons (Fsp3) is 0.481. The molecule has 3 rings (SSSR count). The van der Waals surface area contributed by atoms with Crippen molar-refractivity contribution >= 4 is 42.3 Å². The highest BCUT2D eigenvalue weighted by atomic mass is 28.4. The Bertz CT molecular complexity index is 1200. The molecule has 1 amide bonds. The number of para-hydroxylation sites is 1. The minimum Gasteiger partial charge on any atom is -0.490 e. The van der Waals surface area contributed by atoms with Gasteiger partial charge in [0, 0.05) is 11.4 Å². The Hall–Kier alpha value is -3.04. The van der Waals surface area contributed by atoms with E-state index in [1.807, 2.05) is 56.3 Å². The maximum Gasteiger partial charge on any atom is 0.418 e. The van der Waals surface area contributed by atoms with Crippen molar-refractivity contribution in [1.29, 1.82) is 0 Å². The van der Waals surface area contributed by atoms with Crippen molar-refractivity contribution in [3.05, 3.63) is 42.5 Å². The number of benzene rings is 2. The van der Waals surface area contributed by atoms with Gasteiger partial charge in [-0.1, -0.05) is 24.3 Å². The van der Waals surface area contributed by atoms with E-state index in [1.165, 1.54) is 0 Å². The molecule has 0 bridgehead atoms. The molecule has 1 heterocycles. The molecule has 1 atom stereocenters. The molecule has 196 valence electrons. The second-order valence-electron chi connectivity index (χ2n) is 9.81. The second kappa shape index (κ2) is 11.8. The van der Waals surface area contributed by atoms with Crippen LogP contribution in [0.1, 0.15) is 27.7 Å². The lowest BCUT2D eigenvalue weighted by Gasteiger charge is -2.33. The van der Waals surface area contributed by atoms with Crippen LogP contribution in [0.2, 0.25) is 19.6 Å². The Kier molecular flexibility index (Phi) is 9.02. The molecule has 0 fully saturated rings. The molecule has 0 aliphatic heterocycles. The number of nitrogens with zero attached hydrogens (tertiary/aromatic N) is 2. The first-order chi connectivity index (χ1) is 17.1. The highest BCUT2D eigenvalue weighted by Crippen LogP contribution is 2.36. The fourth-order valence-corrected chi connectivity index (χ4v) is 5.36. The standard InChI is InChI=1S/C27H38N2O6Si/c1-8-32-26(30)28(19(3)4)17-20(35-36(5,6)7)18-34-24-16-12-15-23-25(24)21-13-10-11-14-22(21)29(23)27(31)33-9-2/h10-16,19-20H,8-9,17-18H2,1-7H3. The third kappa shape index (κ3) is 6.39. The van der Waals surface area contributed by atoms with Crippen LogP contribution in [0.15, 0.2) is 42.5 Å². The molecular formula is C27H38N2O6Si. The Morgan fingerprint density at radius 3 is 2.25 bits per heavy atom. The van der Waals surface area contributed by atoms with Crippen LogP contribution in [0.4, 0.5) is 9.59 Å². The van der Waals surface area contributed by atoms with E-state index in [0.717, 1.165) is 16.3 Å². The van der Waals surface area contributed by atoms with Gasteiger partial charge in [-0.05, 0) is 65.5 Å². The van der Waals surface area contributed by atoms with E-state index >= 15 is 0 Å². The Morgan fingerprint density at radius 1 is 0.944 bits per heavy atom. The van der Waals surface area contributed by atoms with Crippen LogP contribution in [0.5, 0.6) is 5.75 Å². The van der Waals surface area contributed by atoms with Gasteiger partial charge in [0.05, 0.1) is 42.3 Å². The summed E-state index contributed by atoms with van der Waals surface area (Å²) in [6, 6.07) is 13.3. The molecule has 9 heteroatoms. The highest BCUT2D eigenvalue weighted by Gasteiger charge is 2.28. The second-order valence-corrected chi connectivity index (χ2v) is 14.3. The number of fused-ring (bicyclic) bond motifs is 3. The number of amides is 1. The molecular weight excluding hydrogens is 476 g/mol. The van der Waals surface area contributed by atoms with E-state index < -0.39 is 14.4 Å². The topological polar surface area (TPSA) is 79.2 Å². The SMILES string of the molecule is CCOC(=O)N(CC(COc1cccc2c1c1ccccc1n2C(=O)OCC)O[Si](C)(C)C)C(C)C. The Morgan fingerprint density at radius 2 is 1.61 bits per heavy atom. The molecule has 0 aliphatic rings. The molecule has 1 unspecified atom stereocenters. The van der Waals surface area contributed by atoms with Gasteiger partial charge in [0.25, 0.3) is 0 Å². The number of hydrogen-bond donors (Lipinski definition) is 0. The average Bonchev–Trinajstić information content (AvgIpc) is 3.15. The molecule has 3 aromatic rings. The predicted molar refractivity (Wildman–Crippen MR) is 144 cm³/mol. The fourth-order valence-electron chi connectivity index (χ4n) is 4.22. The smallest absolute Gasteiger partial charge is 0.418 e. The van der Waals surface area contributed by atoms with Gasteiger partial charge in [-0.2, -0.15) is 0 Å². The number of aromatic nitrogens is 1. The van der Waals surface area contributed by atoms with Gasteiger partial charge in [-0.25, -0.2) is 14.2 Å². The maximum atomic E-state index is 12.8. The molecule has 1 aromatic heterocycles. The van der Waals surface area contributed by atoms with Crippen molar-refractivity contribution in [3.63, 3.8) is 0 Å². The van der Waals surface area contributed by atoms with Crippen molar-refractivity contribution in [2.24, 2.45) is 0 Å². The lowest BCUT2D eigenvalue weighted by molar-refractivity contribution is 0.0522. The highest BCUT2D eigenvalue weighted by molar-refractivity contribution is 6.69. The molecule has 0 N–H and O–H groups in total. The first kappa shape index (κ1) is 27.5. The Labute approximate surface area is 214 Å². The molecule has 8 nitrogen and oxygen atoms in total. The van der Waals surface area contributed by atoms with Crippen molar-refractivity contribution in [3.8, 4) is 5.75 Å². The van der Waals surface area contributed by atoms with Gasteiger partial charge >= 0.3 is 12.2 Å². The lowest BCUT2D eigenvalue weighted by atomic mass is 10.1. The number of carbonyl (C=O) groups excluding carboxylic acids is 2. The predicted octanol–water partition coefficient (Wildman–Crippen LogP) is 6.26. The van der Waals surface area contributed by atoms with Crippen molar-refractivity contribution in [2.75, 3.05) is 26.4 Å². The first-order valence-electron chi connectivity index (χ1n) is 12.5. The molecule has 0 saturated heterocycles. The largest absolute Gasteiger partial charge is 0.490 e. The number of rotatable bonds is 10. The van der Waals surface area contributed by atoms with Gasteiger partial charge in [-0.3, -0.25) is 0 Å². The van der Waals surface area contributed by atoms with Crippen LogP contribution in [0.25, 0.3) is 21.8 Å². The quantitative estimate of drug-likeness (QED) is 0.297. The summed E-state index contributed by atoms with van der Waals surface area (Å²) in [7, 11) is -1.95. The number of hydrogen-bond acceptors (Lipinski definition) is 6. The van der Waals surface area contributed by atoms with Gasteiger partial charge in [-0.15, -0.1) is 0 Å². The van der Waals surface area contributed by atoms with Gasteiger partial charge in [0.1, 0.15) is 12.4 Å². The average molecular weight is 515 g/mol. The van der Waals surface area contributed by atoms with Crippen molar-refractivity contribution in [2.45, 2.75) is 59.5 Å². The minimum atomic E-state index is -1.95. The van der Waals surface area contributed by atoms with Crippen LogP contribution in [-0.4, -0.2) is 68.5 Å². The molecule has 0 saturated carbocycles. The maximum absolute atomic E-state index is 12.8. The summed E-state index contributed by atoms with van der Waals surface area (Å²) in [4.78, 5) is 27.1. The van der Waals surface area contributed by atoms with E-state index in [9.17, 15) is 9.59 Å². The minimum absolute atomic E-state index is 0.0530. The summed E-state index contributed by atoms with van der Waals surface area (Å²) in [6.45, 7) is 15.0. The van der Waals surface area contributed by atoms with Gasteiger partial charge < -0.3 is 23.5 Å². The van der Waals surface area contributed by atoms with E-state index in [1.54, 1.807) is 23.3 Å². The normalized spacial score (nSPS) is 12.7. The summed E-state index contributed by atoms with van der Waals surface area (Å²) in [5.41, 5.74) is 1.47. The van der Waals surface area contributed by atoms with E-state index in [-0.39, 0.29) is 31.5 Å². The number of carbonyl (C=O) groups is 2. The zero-order valence-electron chi connectivity index (χ0n) is 22.4. The first-order valence-corrected chi connectivity index (χ1v) is 15.9. The van der Waals surface area contributed by atoms with Gasteiger partial charge in [0.2, 0.25) is 0 Å².